The Balaban J connectivity index is 3.28. The van der Waals surface area contributed by atoms with Gasteiger partial charge in [0, 0.05) is 0 Å². The third-order valence-corrected chi connectivity index (χ3v) is 2.94. The van der Waals surface area contributed by atoms with Crippen LogP contribution in [-0.4, -0.2) is 22.2 Å². The molecule has 1 rings (SSSR count). The number of benzene rings is 1. The first kappa shape index (κ1) is 14.2. The molecule has 4 heteroatoms. The fourth-order valence-electron chi connectivity index (χ4n) is 1.84. The van der Waals surface area contributed by atoms with Crippen molar-refractivity contribution in [2.45, 2.75) is 39.0 Å². The van der Waals surface area contributed by atoms with Crippen molar-refractivity contribution in [2.75, 3.05) is 0 Å². The number of carboxylic acids is 2. The minimum atomic E-state index is -1.50. The van der Waals surface area contributed by atoms with Crippen LogP contribution in [0.15, 0.2) is 18.2 Å². The van der Waals surface area contributed by atoms with Gasteiger partial charge in [-0.25, -0.2) is 0 Å². The Morgan fingerprint density at radius 2 is 1.61 bits per heavy atom. The average Bonchev–Trinajstić information content (AvgIpc) is 2.18. The molecule has 0 fully saturated rings. The van der Waals surface area contributed by atoms with Crippen molar-refractivity contribution in [1.29, 1.82) is 0 Å². The lowest BCUT2D eigenvalue weighted by Crippen LogP contribution is -2.22. The second kappa shape index (κ2) is 4.80. The second-order valence-electron chi connectivity index (χ2n) is 5.43. The second-order valence-corrected chi connectivity index (χ2v) is 5.43. The van der Waals surface area contributed by atoms with Gasteiger partial charge in [-0.1, -0.05) is 39.0 Å². The van der Waals surface area contributed by atoms with Crippen molar-refractivity contribution in [3.63, 3.8) is 0 Å². The summed E-state index contributed by atoms with van der Waals surface area (Å²) in [4.78, 5) is 22.0. The van der Waals surface area contributed by atoms with Crippen molar-refractivity contribution in [3.05, 3.63) is 34.9 Å². The highest BCUT2D eigenvalue weighted by Crippen LogP contribution is 2.27. The lowest BCUT2D eigenvalue weighted by molar-refractivity contribution is -0.150. The quantitative estimate of drug-likeness (QED) is 0.808. The van der Waals surface area contributed by atoms with E-state index in [2.05, 4.69) is 0 Å². The minimum Gasteiger partial charge on any atom is -0.480 e. The zero-order chi connectivity index (χ0) is 14.1. The van der Waals surface area contributed by atoms with Gasteiger partial charge in [-0.15, -0.1) is 0 Å². The first-order valence-corrected chi connectivity index (χ1v) is 5.71. The van der Waals surface area contributed by atoms with Crippen LogP contribution in [0.4, 0.5) is 0 Å². The predicted molar refractivity (Wildman–Crippen MR) is 67.9 cm³/mol. The molecule has 0 saturated heterocycles. The molecule has 0 saturated carbocycles. The highest BCUT2D eigenvalue weighted by molar-refractivity contribution is 5.99. The molecule has 0 spiro atoms. The number of hydrogen-bond donors (Lipinski definition) is 2. The average molecular weight is 250 g/mol. The van der Waals surface area contributed by atoms with Gasteiger partial charge in [-0.05, 0) is 29.0 Å². The van der Waals surface area contributed by atoms with Crippen molar-refractivity contribution in [2.24, 2.45) is 0 Å². The monoisotopic (exact) mass is 250 g/mol. The summed E-state index contributed by atoms with van der Waals surface area (Å²) in [7, 11) is 0. The Bertz CT molecular complexity index is 469. The Labute approximate surface area is 106 Å². The summed E-state index contributed by atoms with van der Waals surface area (Å²) in [5.74, 6) is -4.18. The van der Waals surface area contributed by atoms with Crippen molar-refractivity contribution in [1.82, 2.24) is 0 Å². The van der Waals surface area contributed by atoms with E-state index < -0.39 is 17.9 Å². The summed E-state index contributed by atoms with van der Waals surface area (Å²) in [6.07, 6.45) is 0. The fourth-order valence-corrected chi connectivity index (χ4v) is 1.84. The number of aryl methyl sites for hydroxylation is 1. The van der Waals surface area contributed by atoms with E-state index in [4.69, 9.17) is 10.2 Å². The van der Waals surface area contributed by atoms with E-state index in [9.17, 15) is 9.59 Å². The number of carbonyl (C=O) groups is 2. The zero-order valence-corrected chi connectivity index (χ0v) is 11.0. The van der Waals surface area contributed by atoms with Gasteiger partial charge in [0.1, 0.15) is 0 Å². The third-order valence-electron chi connectivity index (χ3n) is 2.94. The maximum absolute atomic E-state index is 11.0. The van der Waals surface area contributed by atoms with Crippen LogP contribution < -0.4 is 0 Å². The van der Waals surface area contributed by atoms with E-state index in [-0.39, 0.29) is 5.41 Å². The van der Waals surface area contributed by atoms with Gasteiger partial charge in [0.15, 0.2) is 5.92 Å². The Kier molecular flexibility index (Phi) is 3.79. The van der Waals surface area contributed by atoms with Crippen LogP contribution in [0, 0.1) is 6.92 Å². The molecule has 1 aromatic rings. The molecular formula is C14H18O4. The lowest BCUT2D eigenvalue weighted by Gasteiger charge is -2.21. The van der Waals surface area contributed by atoms with Crippen LogP contribution >= 0.6 is 0 Å². The maximum Gasteiger partial charge on any atom is 0.322 e. The summed E-state index contributed by atoms with van der Waals surface area (Å²) in [5.41, 5.74) is 2.03. The summed E-state index contributed by atoms with van der Waals surface area (Å²) in [6.45, 7) is 7.89. The van der Waals surface area contributed by atoms with Gasteiger partial charge in [0.25, 0.3) is 0 Å². The van der Waals surface area contributed by atoms with Gasteiger partial charge < -0.3 is 10.2 Å². The number of rotatable bonds is 3. The summed E-state index contributed by atoms with van der Waals surface area (Å²) in [6, 6.07) is 5.25. The predicted octanol–water partition coefficient (Wildman–Crippen LogP) is 2.55. The van der Waals surface area contributed by atoms with Crippen molar-refractivity contribution < 1.29 is 19.8 Å². The van der Waals surface area contributed by atoms with Crippen molar-refractivity contribution >= 4 is 11.9 Å². The van der Waals surface area contributed by atoms with E-state index in [1.807, 2.05) is 26.8 Å². The van der Waals surface area contributed by atoms with E-state index in [0.29, 0.717) is 11.1 Å². The molecule has 0 unspecified atom stereocenters. The molecule has 0 radical (unpaired) electrons. The number of carboxylic acid groups (broad SMARTS) is 2. The topological polar surface area (TPSA) is 74.6 Å². The first-order valence-electron chi connectivity index (χ1n) is 5.71. The highest BCUT2D eigenvalue weighted by atomic mass is 16.4. The molecule has 0 atom stereocenters. The molecule has 1 aromatic carbocycles. The van der Waals surface area contributed by atoms with Gasteiger partial charge in [-0.2, -0.15) is 0 Å². The Morgan fingerprint density at radius 1 is 1.11 bits per heavy atom. The Morgan fingerprint density at radius 3 is 1.94 bits per heavy atom. The van der Waals surface area contributed by atoms with E-state index >= 15 is 0 Å². The molecule has 4 nitrogen and oxygen atoms in total. The maximum atomic E-state index is 11.0. The van der Waals surface area contributed by atoms with Crippen LogP contribution in [0.1, 0.15) is 43.4 Å². The standard InChI is InChI=1S/C14H18O4/c1-8-7-9(14(2,3)4)5-6-10(8)11(12(15)16)13(17)18/h5-7,11H,1-4H3,(H,15,16)(H,17,18). The zero-order valence-electron chi connectivity index (χ0n) is 11.0. The smallest absolute Gasteiger partial charge is 0.322 e. The van der Waals surface area contributed by atoms with Crippen molar-refractivity contribution in [3.8, 4) is 0 Å². The molecule has 0 aromatic heterocycles. The molecule has 0 heterocycles. The van der Waals surface area contributed by atoms with Gasteiger partial charge in [-0.3, -0.25) is 9.59 Å². The van der Waals surface area contributed by atoms with Crippen LogP contribution in [0.25, 0.3) is 0 Å². The van der Waals surface area contributed by atoms with Crippen LogP contribution in [0.2, 0.25) is 0 Å². The summed E-state index contributed by atoms with van der Waals surface area (Å²) < 4.78 is 0. The van der Waals surface area contributed by atoms with Gasteiger partial charge in [0.2, 0.25) is 0 Å². The molecule has 0 amide bonds. The summed E-state index contributed by atoms with van der Waals surface area (Å²) in [5, 5.41) is 17.9. The fraction of sp³-hybridized carbons (Fsp3) is 0.429. The molecule has 0 aliphatic heterocycles. The summed E-state index contributed by atoms with van der Waals surface area (Å²) >= 11 is 0. The van der Waals surface area contributed by atoms with E-state index in [1.54, 1.807) is 19.1 Å². The largest absolute Gasteiger partial charge is 0.480 e. The first-order chi connectivity index (χ1) is 8.14. The minimum absolute atomic E-state index is 0.0504. The van der Waals surface area contributed by atoms with Crippen LogP contribution in [0.3, 0.4) is 0 Å². The molecule has 0 aliphatic carbocycles. The van der Waals surface area contributed by atoms with E-state index in [0.717, 1.165) is 5.56 Å². The number of hydrogen-bond acceptors (Lipinski definition) is 2. The normalized spacial score (nSPS) is 11.6. The van der Waals surface area contributed by atoms with Crippen LogP contribution in [-0.2, 0) is 15.0 Å². The van der Waals surface area contributed by atoms with E-state index in [1.165, 1.54) is 0 Å². The Hall–Kier alpha value is -1.84. The molecule has 18 heavy (non-hydrogen) atoms. The SMILES string of the molecule is Cc1cc(C(C)(C)C)ccc1C(C(=O)O)C(=O)O. The molecule has 0 aliphatic rings. The molecule has 98 valence electrons. The molecular weight excluding hydrogens is 232 g/mol. The van der Waals surface area contributed by atoms with Gasteiger partial charge in [0.05, 0.1) is 0 Å². The third kappa shape index (κ3) is 2.88. The molecule has 0 bridgehead atoms. The molecule has 2 N–H and O–H groups in total. The number of aliphatic carboxylic acids is 2. The van der Waals surface area contributed by atoms with Gasteiger partial charge >= 0.3 is 11.9 Å². The highest BCUT2D eigenvalue weighted by Gasteiger charge is 2.29. The van der Waals surface area contributed by atoms with Crippen LogP contribution in [0.5, 0.6) is 0 Å². The lowest BCUT2D eigenvalue weighted by atomic mass is 9.83.